The first-order valence-corrected chi connectivity index (χ1v) is 10.4. The van der Waals surface area contributed by atoms with Crippen LogP contribution in [0.5, 0.6) is 0 Å². The van der Waals surface area contributed by atoms with Crippen LogP contribution in [0.4, 0.5) is 18.9 Å². The number of hydrazine groups is 1. The van der Waals surface area contributed by atoms with Gasteiger partial charge < -0.3 is 10.6 Å². The summed E-state index contributed by atoms with van der Waals surface area (Å²) in [5, 5.41) is 6.09. The lowest BCUT2D eigenvalue weighted by Crippen LogP contribution is -2.47. The third-order valence-corrected chi connectivity index (χ3v) is 5.13. The largest absolute Gasteiger partial charge is 0.339 e. The Balaban J connectivity index is 1.53. The van der Waals surface area contributed by atoms with Crippen LogP contribution in [0.3, 0.4) is 0 Å². The van der Waals surface area contributed by atoms with Crippen molar-refractivity contribution in [3.05, 3.63) is 100 Å². The highest BCUT2D eigenvalue weighted by Gasteiger charge is 2.26. The van der Waals surface area contributed by atoms with Gasteiger partial charge in [-0.15, -0.1) is 0 Å². The highest BCUT2D eigenvalue weighted by Crippen LogP contribution is 2.22. The Kier molecular flexibility index (Phi) is 6.93. The van der Waals surface area contributed by atoms with Crippen LogP contribution in [0, 0.1) is 17.5 Å². The van der Waals surface area contributed by atoms with Crippen molar-refractivity contribution in [2.75, 3.05) is 5.32 Å². The number of carbonyl (C=O) groups is 1. The SMILES string of the molecule is O=C(/N=C(/Nc1cc(F)cc(Cl)c1)NC1CC(c2ccc(F)cc2)NN1)c1ccc(F)cc1. The Morgan fingerprint density at radius 1 is 0.909 bits per heavy atom. The molecule has 0 spiro atoms. The van der Waals surface area contributed by atoms with E-state index in [0.717, 1.165) is 23.8 Å². The third-order valence-electron chi connectivity index (χ3n) is 4.92. The van der Waals surface area contributed by atoms with Gasteiger partial charge in [-0.05, 0) is 60.2 Å². The van der Waals surface area contributed by atoms with Gasteiger partial charge in [0, 0.05) is 28.7 Å². The highest BCUT2D eigenvalue weighted by molar-refractivity contribution is 6.31. The summed E-state index contributed by atoms with van der Waals surface area (Å²) in [4.78, 5) is 16.7. The first kappa shape index (κ1) is 22.8. The average molecular weight is 474 g/mol. The van der Waals surface area contributed by atoms with Gasteiger partial charge >= 0.3 is 0 Å². The summed E-state index contributed by atoms with van der Waals surface area (Å²) in [7, 11) is 0. The first-order valence-electron chi connectivity index (χ1n) is 10.0. The summed E-state index contributed by atoms with van der Waals surface area (Å²) in [5.74, 6) is -1.97. The van der Waals surface area contributed by atoms with Gasteiger partial charge in [-0.2, -0.15) is 4.99 Å². The number of carbonyl (C=O) groups excluding carboxylic acids is 1. The zero-order valence-electron chi connectivity index (χ0n) is 17.1. The van der Waals surface area contributed by atoms with Crippen molar-refractivity contribution in [1.29, 1.82) is 0 Å². The van der Waals surface area contributed by atoms with Gasteiger partial charge in [0.1, 0.15) is 17.5 Å². The summed E-state index contributed by atoms with van der Waals surface area (Å²) in [6.45, 7) is 0. The number of guanidine groups is 1. The molecule has 0 aromatic heterocycles. The Bertz CT molecular complexity index is 1150. The Morgan fingerprint density at radius 3 is 2.24 bits per heavy atom. The summed E-state index contributed by atoms with van der Waals surface area (Å²) < 4.78 is 40.2. The lowest BCUT2D eigenvalue weighted by molar-refractivity contribution is 0.100. The maximum Gasteiger partial charge on any atom is 0.280 e. The standard InChI is InChI=1S/C23H19ClF3N5O/c24-15-9-18(27)11-19(10-15)28-23(30-22(33)14-3-7-17(26)8-4-14)29-21-12-20(31-32-21)13-1-5-16(25)6-2-13/h1-11,20-21,31-32H,12H2,(H2,28,29,30,33). The third kappa shape index (κ3) is 6.10. The van der Waals surface area contributed by atoms with Crippen LogP contribution in [0.15, 0.2) is 71.7 Å². The Hall–Kier alpha value is -3.40. The van der Waals surface area contributed by atoms with Gasteiger partial charge in [0.05, 0.1) is 6.17 Å². The molecule has 1 aliphatic rings. The molecule has 6 nitrogen and oxygen atoms in total. The molecule has 1 amide bonds. The monoisotopic (exact) mass is 473 g/mol. The number of hydrogen-bond acceptors (Lipinski definition) is 3. The van der Waals surface area contributed by atoms with Gasteiger partial charge in [-0.1, -0.05) is 23.7 Å². The second-order valence-electron chi connectivity index (χ2n) is 7.38. The lowest BCUT2D eigenvalue weighted by atomic mass is 10.0. The second-order valence-corrected chi connectivity index (χ2v) is 7.82. The van der Waals surface area contributed by atoms with E-state index >= 15 is 0 Å². The van der Waals surface area contributed by atoms with E-state index in [1.807, 2.05) is 0 Å². The molecule has 0 radical (unpaired) electrons. The molecule has 0 saturated carbocycles. The van der Waals surface area contributed by atoms with Crippen LogP contribution in [0.25, 0.3) is 0 Å². The minimum atomic E-state index is -0.631. The van der Waals surface area contributed by atoms with Crippen LogP contribution in [-0.2, 0) is 0 Å². The van der Waals surface area contributed by atoms with E-state index in [-0.39, 0.29) is 40.3 Å². The Labute approximate surface area is 192 Å². The smallest absolute Gasteiger partial charge is 0.280 e. The second kappa shape index (κ2) is 10.0. The summed E-state index contributed by atoms with van der Waals surface area (Å²) in [6, 6.07) is 14.8. The minimum Gasteiger partial charge on any atom is -0.339 e. The molecule has 4 rings (SSSR count). The molecule has 3 aromatic rings. The fourth-order valence-corrected chi connectivity index (χ4v) is 3.57. The van der Waals surface area contributed by atoms with Gasteiger partial charge in [-0.25, -0.2) is 24.0 Å². The van der Waals surface area contributed by atoms with Crippen LogP contribution < -0.4 is 21.5 Å². The molecule has 33 heavy (non-hydrogen) atoms. The van der Waals surface area contributed by atoms with Crippen LogP contribution in [-0.4, -0.2) is 18.0 Å². The number of aliphatic imine (C=N–C) groups is 1. The molecule has 1 fully saturated rings. The number of rotatable bonds is 4. The molecule has 170 valence electrons. The van der Waals surface area contributed by atoms with Crippen LogP contribution in [0.1, 0.15) is 28.4 Å². The molecular weight excluding hydrogens is 455 g/mol. The van der Waals surface area contributed by atoms with E-state index in [0.29, 0.717) is 6.42 Å². The molecule has 0 aliphatic carbocycles. The molecule has 2 atom stereocenters. The number of hydrogen-bond donors (Lipinski definition) is 4. The van der Waals surface area contributed by atoms with Gasteiger partial charge in [-0.3, -0.25) is 4.79 Å². The highest BCUT2D eigenvalue weighted by atomic mass is 35.5. The van der Waals surface area contributed by atoms with Crippen molar-refractivity contribution in [3.8, 4) is 0 Å². The maximum atomic E-state index is 13.8. The maximum absolute atomic E-state index is 13.8. The number of benzene rings is 3. The quantitative estimate of drug-likeness (QED) is 0.331. The summed E-state index contributed by atoms with van der Waals surface area (Å²) >= 11 is 5.93. The summed E-state index contributed by atoms with van der Waals surface area (Å²) in [6.07, 6.45) is 0.150. The van der Waals surface area contributed by atoms with Crippen LogP contribution in [0.2, 0.25) is 5.02 Å². The average Bonchev–Trinajstić information content (AvgIpc) is 3.22. The van der Waals surface area contributed by atoms with E-state index in [4.69, 9.17) is 11.6 Å². The minimum absolute atomic E-state index is 0.0325. The van der Waals surface area contributed by atoms with E-state index < -0.39 is 17.5 Å². The lowest BCUT2D eigenvalue weighted by Gasteiger charge is -2.17. The van der Waals surface area contributed by atoms with Crippen molar-refractivity contribution in [3.63, 3.8) is 0 Å². The zero-order chi connectivity index (χ0) is 23.4. The number of anilines is 1. The number of halogens is 4. The molecule has 1 saturated heterocycles. The molecule has 4 N–H and O–H groups in total. The van der Waals surface area contributed by atoms with Crippen molar-refractivity contribution in [2.45, 2.75) is 18.6 Å². The zero-order valence-corrected chi connectivity index (χ0v) is 17.8. The predicted octanol–water partition coefficient (Wildman–Crippen LogP) is 4.52. The van der Waals surface area contributed by atoms with E-state index in [2.05, 4.69) is 26.5 Å². The molecule has 1 heterocycles. The normalized spacial score (nSPS) is 18.2. The van der Waals surface area contributed by atoms with E-state index in [1.165, 1.54) is 36.4 Å². The predicted molar refractivity (Wildman–Crippen MR) is 120 cm³/mol. The van der Waals surface area contributed by atoms with Crippen molar-refractivity contribution in [1.82, 2.24) is 16.2 Å². The molecule has 0 bridgehead atoms. The molecule has 10 heteroatoms. The fourth-order valence-electron chi connectivity index (χ4n) is 3.35. The Morgan fingerprint density at radius 2 is 1.58 bits per heavy atom. The van der Waals surface area contributed by atoms with Gasteiger partial charge in [0.15, 0.2) is 0 Å². The fraction of sp³-hybridized carbons (Fsp3) is 0.130. The van der Waals surface area contributed by atoms with Crippen molar-refractivity contribution < 1.29 is 18.0 Å². The topological polar surface area (TPSA) is 77.5 Å². The van der Waals surface area contributed by atoms with Crippen molar-refractivity contribution in [2.24, 2.45) is 4.99 Å². The number of nitrogens with zero attached hydrogens (tertiary/aromatic N) is 1. The first-order chi connectivity index (χ1) is 15.9. The number of nitrogens with one attached hydrogen (secondary N) is 4. The van der Waals surface area contributed by atoms with Crippen LogP contribution >= 0.6 is 11.6 Å². The molecular formula is C23H19ClF3N5O. The van der Waals surface area contributed by atoms with E-state index in [1.54, 1.807) is 12.1 Å². The molecule has 2 unspecified atom stereocenters. The van der Waals surface area contributed by atoms with E-state index in [9.17, 15) is 18.0 Å². The van der Waals surface area contributed by atoms with Gasteiger partial charge in [0.2, 0.25) is 5.96 Å². The van der Waals surface area contributed by atoms with Gasteiger partial charge in [0.25, 0.3) is 5.91 Å². The molecule has 1 aliphatic heterocycles. The number of amides is 1. The summed E-state index contributed by atoms with van der Waals surface area (Å²) in [5.41, 5.74) is 7.47. The molecule has 3 aromatic carbocycles. The van der Waals surface area contributed by atoms with Crippen molar-refractivity contribution >= 4 is 29.2 Å².